The molecule has 1 atom stereocenters. The SMILES string of the molecule is O=P(O)(O)C(F)(F)C(F)C(F)(F)C(F)(F)C(F)(F)C(F)(F)C(F)(F)C(F)(F)C(F)(F)C(F)(F)F. The van der Waals surface area contributed by atoms with Crippen LogP contribution in [0.2, 0.25) is 0 Å². The molecule has 24 heteroatoms. The summed E-state index contributed by atoms with van der Waals surface area (Å²) in [5, 5.41) is 0. The van der Waals surface area contributed by atoms with Crippen LogP contribution in [0.1, 0.15) is 0 Å². The minimum absolute atomic E-state index is 6.69. The van der Waals surface area contributed by atoms with Crippen molar-refractivity contribution in [2.75, 3.05) is 0 Å². The molecule has 34 heavy (non-hydrogen) atoms. The highest BCUT2D eigenvalue weighted by Gasteiger charge is 2.96. The summed E-state index contributed by atoms with van der Waals surface area (Å²) in [5.74, 6) is -61.8. The summed E-state index contributed by atoms with van der Waals surface area (Å²) in [6, 6.07) is 0. The molecular weight excluding hydrogens is 579 g/mol. The maximum atomic E-state index is 13.3. The fourth-order valence-electron chi connectivity index (χ4n) is 1.70. The van der Waals surface area contributed by atoms with Crippen molar-refractivity contribution in [3.8, 4) is 0 Å². The Balaban J connectivity index is 6.98. The van der Waals surface area contributed by atoms with Crippen LogP contribution in [0.5, 0.6) is 0 Å². The lowest BCUT2D eigenvalue weighted by atomic mass is 9.88. The lowest BCUT2D eigenvalue weighted by molar-refractivity contribution is -0.464. The minimum atomic E-state index is -9.15. The third-order valence-corrected chi connectivity index (χ3v) is 4.76. The smallest absolute Gasteiger partial charge is 0.320 e. The van der Waals surface area contributed by atoms with Crippen LogP contribution in [0.3, 0.4) is 0 Å². The predicted octanol–water partition coefficient (Wildman–Crippen LogP) is 6.10. The first-order chi connectivity index (χ1) is 14.2. The lowest BCUT2D eigenvalue weighted by Crippen LogP contribution is -2.75. The Kier molecular flexibility index (Phi) is 7.58. The molecule has 0 aliphatic rings. The van der Waals surface area contributed by atoms with Gasteiger partial charge in [-0.1, -0.05) is 0 Å². The van der Waals surface area contributed by atoms with Crippen LogP contribution in [-0.2, 0) is 4.57 Å². The zero-order valence-corrected chi connectivity index (χ0v) is 15.3. The largest absolute Gasteiger partial charge is 0.460 e. The molecule has 0 fully saturated rings. The molecular formula is C10H3F20O3P. The van der Waals surface area contributed by atoms with E-state index in [1.807, 2.05) is 0 Å². The van der Waals surface area contributed by atoms with E-state index in [1.165, 1.54) is 0 Å². The van der Waals surface area contributed by atoms with Gasteiger partial charge >= 0.3 is 60.9 Å². The van der Waals surface area contributed by atoms with Crippen LogP contribution < -0.4 is 0 Å². The molecule has 0 heterocycles. The molecule has 0 aromatic carbocycles. The molecule has 0 amide bonds. The van der Waals surface area contributed by atoms with Crippen molar-refractivity contribution < 1.29 is 102 Å². The summed E-state index contributed by atoms with van der Waals surface area (Å²) in [5.41, 5.74) is -7.19. The van der Waals surface area contributed by atoms with E-state index in [9.17, 15) is 92.4 Å². The van der Waals surface area contributed by atoms with Gasteiger partial charge in [0, 0.05) is 0 Å². The fourth-order valence-corrected chi connectivity index (χ4v) is 2.16. The topological polar surface area (TPSA) is 57.5 Å². The van der Waals surface area contributed by atoms with Crippen molar-refractivity contribution in [2.45, 2.75) is 59.5 Å². The maximum absolute atomic E-state index is 13.3. The van der Waals surface area contributed by atoms with Gasteiger partial charge in [-0.3, -0.25) is 4.57 Å². The van der Waals surface area contributed by atoms with Crippen LogP contribution in [-0.4, -0.2) is 69.3 Å². The molecule has 0 aliphatic heterocycles. The van der Waals surface area contributed by atoms with Crippen molar-refractivity contribution in [3.63, 3.8) is 0 Å². The Morgan fingerprint density at radius 1 is 0.471 bits per heavy atom. The van der Waals surface area contributed by atoms with Gasteiger partial charge in [0.2, 0.25) is 6.17 Å². The highest BCUT2D eigenvalue weighted by atomic mass is 31.2. The van der Waals surface area contributed by atoms with Crippen LogP contribution >= 0.6 is 7.60 Å². The van der Waals surface area contributed by atoms with Gasteiger partial charge in [0.25, 0.3) is 0 Å². The summed E-state index contributed by atoms with van der Waals surface area (Å²) < 4.78 is 268. The molecule has 0 saturated carbocycles. The summed E-state index contributed by atoms with van der Waals surface area (Å²) in [4.78, 5) is 15.8. The van der Waals surface area contributed by atoms with Gasteiger partial charge in [-0.05, 0) is 0 Å². The number of hydrogen-bond donors (Lipinski definition) is 2. The van der Waals surface area contributed by atoms with Crippen molar-refractivity contribution in [2.24, 2.45) is 0 Å². The zero-order valence-electron chi connectivity index (χ0n) is 14.4. The van der Waals surface area contributed by atoms with Crippen LogP contribution in [0, 0.1) is 0 Å². The van der Waals surface area contributed by atoms with Gasteiger partial charge < -0.3 is 9.79 Å². The van der Waals surface area contributed by atoms with Gasteiger partial charge in [-0.15, -0.1) is 0 Å². The van der Waals surface area contributed by atoms with Gasteiger partial charge in [0.15, 0.2) is 0 Å². The second kappa shape index (κ2) is 7.87. The summed E-state index contributed by atoms with van der Waals surface area (Å²) in [6.45, 7) is 0. The van der Waals surface area contributed by atoms with Gasteiger partial charge in [-0.2, -0.15) is 83.4 Å². The first-order valence-corrected chi connectivity index (χ1v) is 8.55. The monoisotopic (exact) mass is 582 g/mol. The molecule has 0 saturated heterocycles. The fraction of sp³-hybridized carbons (Fsp3) is 1.00. The first-order valence-electron chi connectivity index (χ1n) is 6.94. The van der Waals surface area contributed by atoms with Crippen molar-refractivity contribution in [1.82, 2.24) is 0 Å². The summed E-state index contributed by atoms with van der Waals surface area (Å²) in [7, 11) is -7.73. The molecule has 206 valence electrons. The van der Waals surface area contributed by atoms with Crippen LogP contribution in [0.15, 0.2) is 0 Å². The van der Waals surface area contributed by atoms with Crippen LogP contribution in [0.25, 0.3) is 0 Å². The molecule has 0 aromatic rings. The van der Waals surface area contributed by atoms with Gasteiger partial charge in [0.1, 0.15) is 0 Å². The van der Waals surface area contributed by atoms with E-state index in [4.69, 9.17) is 9.79 Å². The molecule has 3 nitrogen and oxygen atoms in total. The Morgan fingerprint density at radius 2 is 0.706 bits per heavy atom. The first kappa shape index (κ1) is 32.8. The highest BCUT2D eigenvalue weighted by Crippen LogP contribution is 2.66. The van der Waals surface area contributed by atoms with Crippen molar-refractivity contribution in [3.05, 3.63) is 0 Å². The number of hydrogen-bond acceptors (Lipinski definition) is 1. The van der Waals surface area contributed by atoms with E-state index in [-0.39, 0.29) is 0 Å². The lowest BCUT2D eigenvalue weighted by Gasteiger charge is -2.43. The van der Waals surface area contributed by atoms with Gasteiger partial charge in [-0.25, -0.2) is 4.39 Å². The number of rotatable bonds is 9. The molecule has 0 radical (unpaired) electrons. The van der Waals surface area contributed by atoms with Gasteiger partial charge in [0.05, 0.1) is 0 Å². The predicted molar refractivity (Wildman–Crippen MR) is 62.6 cm³/mol. The van der Waals surface area contributed by atoms with E-state index in [0.29, 0.717) is 0 Å². The number of halogens is 20. The average molecular weight is 582 g/mol. The summed E-state index contributed by atoms with van der Waals surface area (Å²) >= 11 is 0. The maximum Gasteiger partial charge on any atom is 0.460 e. The number of alkyl halides is 20. The second-order valence-corrected chi connectivity index (χ2v) is 7.75. The summed E-state index contributed by atoms with van der Waals surface area (Å²) in [6.07, 6.45) is -14.7. The Bertz CT molecular complexity index is 808. The van der Waals surface area contributed by atoms with E-state index in [1.54, 1.807) is 0 Å². The molecule has 0 bridgehead atoms. The molecule has 1 unspecified atom stereocenters. The van der Waals surface area contributed by atoms with Crippen LogP contribution in [0.4, 0.5) is 87.8 Å². The third-order valence-electron chi connectivity index (χ3n) is 3.76. The van der Waals surface area contributed by atoms with E-state index in [0.717, 1.165) is 0 Å². The molecule has 2 N–H and O–H groups in total. The Hall–Kier alpha value is -1.25. The Morgan fingerprint density at radius 3 is 0.941 bits per heavy atom. The quantitative estimate of drug-likeness (QED) is 0.255. The normalized spacial score (nSPS) is 17.7. The second-order valence-electron chi connectivity index (χ2n) is 6.06. The average Bonchev–Trinajstić information content (AvgIpc) is 2.57. The van der Waals surface area contributed by atoms with Crippen molar-refractivity contribution in [1.29, 1.82) is 0 Å². The van der Waals surface area contributed by atoms with E-state index < -0.39 is 67.1 Å². The zero-order chi connectivity index (χ0) is 28.6. The van der Waals surface area contributed by atoms with E-state index in [2.05, 4.69) is 0 Å². The molecule has 0 aromatic heterocycles. The highest BCUT2D eigenvalue weighted by molar-refractivity contribution is 7.53. The molecule has 0 rings (SSSR count). The Labute approximate surface area is 170 Å². The van der Waals surface area contributed by atoms with E-state index >= 15 is 0 Å². The molecule has 0 spiro atoms. The van der Waals surface area contributed by atoms with Crippen molar-refractivity contribution >= 4 is 7.60 Å². The standard InChI is InChI=1S/C10H3F20O3P/c11-1(3(14,15)34(31,32)33)2(12,13)4(16,17)5(18,19)6(20,21)7(22,23)8(24,25)9(26,27)10(28,29)30/h1H,(H2,31,32,33). The molecule has 0 aliphatic carbocycles. The minimum Gasteiger partial charge on any atom is -0.320 e. The third kappa shape index (κ3) is 3.97.